The Morgan fingerprint density at radius 1 is 1.54 bits per heavy atom. The highest BCUT2D eigenvalue weighted by Gasteiger charge is 2.42. The molecule has 148 valence electrons. The Morgan fingerprint density at radius 3 is 3.11 bits per heavy atom. The van der Waals surface area contributed by atoms with Gasteiger partial charge in [-0.1, -0.05) is 6.92 Å². The molecule has 3 N–H and O–H groups in total. The van der Waals surface area contributed by atoms with Crippen molar-refractivity contribution in [2.24, 2.45) is 5.73 Å². The molecule has 3 aromatic rings. The number of carbonyl (C=O) groups excluding carboxylic acids is 1. The summed E-state index contributed by atoms with van der Waals surface area (Å²) in [5.74, 6) is -0.279. The molecular weight excluding hydrogens is 377 g/mol. The Balaban J connectivity index is 1.65. The highest BCUT2D eigenvalue weighted by atomic mass is 32.1. The molecule has 0 aliphatic heterocycles. The molecule has 0 aromatic carbocycles. The molecule has 1 aliphatic carbocycles. The highest BCUT2D eigenvalue weighted by molar-refractivity contribution is 7.14. The SMILES string of the molecule is CCc1sc(C(=O)NC2C(N)CCCC2(C)F)cc1-c1cnc2cccnn12. The standard InChI is InChI=1S/C20H24FN5OS/c1-3-15-12(14-11-23-17-7-5-9-24-26(14)17)10-16(28-15)19(27)25-18-13(22)6-4-8-20(18,2)21/h5,7,9-11,13,18H,3-4,6,8,22H2,1-2H3,(H,25,27). The number of aromatic nitrogens is 3. The maximum absolute atomic E-state index is 14.9. The third-order valence-corrected chi connectivity index (χ3v) is 6.75. The van der Waals surface area contributed by atoms with Crippen LogP contribution in [-0.2, 0) is 6.42 Å². The first-order valence-corrected chi connectivity index (χ1v) is 10.4. The lowest BCUT2D eigenvalue weighted by atomic mass is 9.80. The second-order valence-electron chi connectivity index (χ2n) is 7.52. The Hall–Kier alpha value is -2.32. The number of hydrogen-bond acceptors (Lipinski definition) is 5. The van der Waals surface area contributed by atoms with Gasteiger partial charge in [0.05, 0.1) is 22.8 Å². The van der Waals surface area contributed by atoms with Gasteiger partial charge in [-0.25, -0.2) is 13.9 Å². The maximum Gasteiger partial charge on any atom is 0.261 e. The number of amides is 1. The molecule has 3 unspecified atom stereocenters. The molecule has 3 heterocycles. The molecule has 0 saturated heterocycles. The van der Waals surface area contributed by atoms with Crippen LogP contribution >= 0.6 is 11.3 Å². The van der Waals surface area contributed by atoms with Crippen molar-refractivity contribution < 1.29 is 9.18 Å². The summed E-state index contributed by atoms with van der Waals surface area (Å²) in [5.41, 5.74) is 7.14. The number of imidazole rings is 1. The third-order valence-electron chi connectivity index (χ3n) is 5.47. The van der Waals surface area contributed by atoms with Crippen LogP contribution in [0.25, 0.3) is 16.9 Å². The van der Waals surface area contributed by atoms with Crippen LogP contribution in [0.3, 0.4) is 0 Å². The highest BCUT2D eigenvalue weighted by Crippen LogP contribution is 2.34. The zero-order valence-electron chi connectivity index (χ0n) is 16.0. The molecule has 0 spiro atoms. The van der Waals surface area contributed by atoms with Crippen LogP contribution in [0.2, 0.25) is 0 Å². The van der Waals surface area contributed by atoms with Crippen LogP contribution in [-0.4, -0.2) is 38.3 Å². The van der Waals surface area contributed by atoms with E-state index in [1.807, 2.05) is 25.1 Å². The van der Waals surface area contributed by atoms with Crippen molar-refractivity contribution in [2.45, 2.75) is 57.3 Å². The van der Waals surface area contributed by atoms with Gasteiger partial charge in [0.1, 0.15) is 5.67 Å². The summed E-state index contributed by atoms with van der Waals surface area (Å²) in [6.07, 6.45) is 6.11. The smallest absolute Gasteiger partial charge is 0.261 e. The predicted molar refractivity (Wildman–Crippen MR) is 108 cm³/mol. The number of thiophene rings is 1. The van der Waals surface area contributed by atoms with Gasteiger partial charge in [0.2, 0.25) is 0 Å². The fraction of sp³-hybridized carbons (Fsp3) is 0.450. The lowest BCUT2D eigenvalue weighted by molar-refractivity contribution is 0.0581. The van der Waals surface area contributed by atoms with Gasteiger partial charge in [0.25, 0.3) is 5.91 Å². The van der Waals surface area contributed by atoms with Gasteiger partial charge < -0.3 is 11.1 Å². The first-order valence-electron chi connectivity index (χ1n) is 9.58. The van der Waals surface area contributed by atoms with Crippen molar-refractivity contribution in [1.82, 2.24) is 19.9 Å². The van der Waals surface area contributed by atoms with E-state index in [2.05, 4.69) is 15.4 Å². The summed E-state index contributed by atoms with van der Waals surface area (Å²) in [6, 6.07) is 4.51. The Kier molecular flexibility index (Phi) is 4.93. The van der Waals surface area contributed by atoms with Gasteiger partial charge in [-0.05, 0) is 50.8 Å². The van der Waals surface area contributed by atoms with Gasteiger partial charge in [0, 0.05) is 22.7 Å². The molecule has 0 bridgehead atoms. The van der Waals surface area contributed by atoms with Gasteiger partial charge in [-0.15, -0.1) is 11.3 Å². The van der Waals surface area contributed by atoms with Crippen LogP contribution in [0, 0.1) is 0 Å². The van der Waals surface area contributed by atoms with Gasteiger partial charge >= 0.3 is 0 Å². The van der Waals surface area contributed by atoms with E-state index in [0.717, 1.165) is 34.6 Å². The minimum atomic E-state index is -1.49. The van der Waals surface area contributed by atoms with Crippen molar-refractivity contribution >= 4 is 22.9 Å². The Bertz CT molecular complexity index is 1010. The van der Waals surface area contributed by atoms with E-state index < -0.39 is 11.7 Å². The second kappa shape index (κ2) is 7.25. The molecule has 1 saturated carbocycles. The van der Waals surface area contributed by atoms with Crippen LogP contribution in [0.1, 0.15) is 47.7 Å². The average molecular weight is 402 g/mol. The Labute approximate surface area is 167 Å². The molecular formula is C20H24FN5OS. The summed E-state index contributed by atoms with van der Waals surface area (Å²) in [6.45, 7) is 3.57. The predicted octanol–water partition coefficient (Wildman–Crippen LogP) is 3.36. The third kappa shape index (κ3) is 3.31. The fourth-order valence-corrected chi connectivity index (χ4v) is 4.97. The molecule has 4 rings (SSSR count). The number of rotatable bonds is 4. The molecule has 1 aliphatic rings. The second-order valence-corrected chi connectivity index (χ2v) is 8.66. The van der Waals surface area contributed by atoms with Gasteiger partial charge in [-0.2, -0.15) is 5.10 Å². The summed E-state index contributed by atoms with van der Waals surface area (Å²) < 4.78 is 16.7. The van der Waals surface area contributed by atoms with E-state index in [-0.39, 0.29) is 11.9 Å². The molecule has 8 heteroatoms. The normalized spacial score (nSPS) is 25.1. The molecule has 6 nitrogen and oxygen atoms in total. The fourth-order valence-electron chi connectivity index (χ4n) is 3.95. The summed E-state index contributed by atoms with van der Waals surface area (Å²) in [5, 5.41) is 7.22. The number of fused-ring (bicyclic) bond motifs is 1. The lowest BCUT2D eigenvalue weighted by Gasteiger charge is -2.39. The van der Waals surface area contributed by atoms with E-state index in [1.165, 1.54) is 18.3 Å². The van der Waals surface area contributed by atoms with Gasteiger partial charge in [-0.3, -0.25) is 4.79 Å². The van der Waals surface area contributed by atoms with Crippen molar-refractivity contribution in [1.29, 1.82) is 0 Å². The summed E-state index contributed by atoms with van der Waals surface area (Å²) in [4.78, 5) is 18.9. The minimum absolute atomic E-state index is 0.279. The molecule has 1 amide bonds. The van der Waals surface area contributed by atoms with E-state index in [9.17, 15) is 9.18 Å². The number of carbonyl (C=O) groups is 1. The quantitative estimate of drug-likeness (QED) is 0.702. The zero-order valence-corrected chi connectivity index (χ0v) is 16.8. The number of halogens is 1. The number of nitrogens with two attached hydrogens (primary N) is 1. The lowest BCUT2D eigenvalue weighted by Crippen LogP contribution is -2.60. The largest absolute Gasteiger partial charge is 0.344 e. The van der Waals surface area contributed by atoms with Crippen LogP contribution in [0.15, 0.2) is 30.6 Å². The van der Waals surface area contributed by atoms with Crippen LogP contribution < -0.4 is 11.1 Å². The molecule has 0 radical (unpaired) electrons. The maximum atomic E-state index is 14.9. The summed E-state index contributed by atoms with van der Waals surface area (Å²) in [7, 11) is 0. The van der Waals surface area contributed by atoms with Crippen molar-refractivity contribution in [3.05, 3.63) is 40.3 Å². The van der Waals surface area contributed by atoms with Crippen molar-refractivity contribution in [3.8, 4) is 11.3 Å². The average Bonchev–Trinajstić information content (AvgIpc) is 3.28. The van der Waals surface area contributed by atoms with E-state index in [1.54, 1.807) is 16.9 Å². The number of hydrogen-bond donors (Lipinski definition) is 2. The van der Waals surface area contributed by atoms with E-state index >= 15 is 0 Å². The first-order chi connectivity index (χ1) is 13.4. The first kappa shape index (κ1) is 19.0. The number of aryl methyl sites for hydroxylation is 1. The minimum Gasteiger partial charge on any atom is -0.344 e. The monoisotopic (exact) mass is 401 g/mol. The zero-order chi connectivity index (χ0) is 19.9. The molecule has 28 heavy (non-hydrogen) atoms. The molecule has 3 atom stereocenters. The van der Waals surface area contributed by atoms with E-state index in [4.69, 9.17) is 5.73 Å². The van der Waals surface area contributed by atoms with E-state index in [0.29, 0.717) is 17.7 Å². The van der Waals surface area contributed by atoms with Crippen LogP contribution in [0.5, 0.6) is 0 Å². The topological polar surface area (TPSA) is 85.3 Å². The Morgan fingerprint density at radius 2 is 2.36 bits per heavy atom. The van der Waals surface area contributed by atoms with Crippen molar-refractivity contribution in [2.75, 3.05) is 0 Å². The van der Waals surface area contributed by atoms with Crippen molar-refractivity contribution in [3.63, 3.8) is 0 Å². The van der Waals surface area contributed by atoms with Gasteiger partial charge in [0.15, 0.2) is 5.65 Å². The molecule has 3 aromatic heterocycles. The number of nitrogens with one attached hydrogen (secondary N) is 1. The number of nitrogens with zero attached hydrogens (tertiary/aromatic N) is 3. The molecule has 1 fully saturated rings. The summed E-state index contributed by atoms with van der Waals surface area (Å²) >= 11 is 1.42. The number of alkyl halides is 1. The van der Waals surface area contributed by atoms with Crippen LogP contribution in [0.4, 0.5) is 4.39 Å².